The smallest absolute Gasteiger partial charge is 0.0626 e. The monoisotopic (exact) mass is 239 g/mol. The van der Waals surface area contributed by atoms with Crippen LogP contribution in [-0.2, 0) is 0 Å². The molecule has 0 amide bonds. The molecule has 1 aromatic carbocycles. The van der Waals surface area contributed by atoms with Gasteiger partial charge in [0.25, 0.3) is 0 Å². The number of hydrogen-bond acceptors (Lipinski definition) is 2. The van der Waals surface area contributed by atoms with Gasteiger partial charge in [-0.15, -0.1) is 0 Å². The molecule has 0 aromatic heterocycles. The summed E-state index contributed by atoms with van der Waals surface area (Å²) < 4.78 is 0. The number of aliphatic hydroxyl groups excluding tert-OH is 1. The van der Waals surface area contributed by atoms with Gasteiger partial charge in [0, 0.05) is 11.1 Å². The number of benzene rings is 1. The van der Waals surface area contributed by atoms with Gasteiger partial charge in [-0.25, -0.2) is 0 Å². The van der Waals surface area contributed by atoms with Crippen LogP contribution in [0, 0.1) is 5.92 Å². The minimum absolute atomic E-state index is 0.0212. The molecule has 1 aromatic rings. The molecule has 0 saturated heterocycles. The average Bonchev–Trinajstić information content (AvgIpc) is 3.11. The maximum atomic E-state index is 9.40. The fourth-order valence-electron chi connectivity index (χ4n) is 2.00. The van der Waals surface area contributed by atoms with Crippen molar-refractivity contribution < 1.29 is 5.11 Å². The fraction of sp³-hybridized carbons (Fsp3) is 0.538. The Kier molecular flexibility index (Phi) is 3.85. The van der Waals surface area contributed by atoms with E-state index in [1.165, 1.54) is 12.8 Å². The van der Waals surface area contributed by atoms with Gasteiger partial charge in [-0.2, -0.15) is 0 Å². The summed E-state index contributed by atoms with van der Waals surface area (Å²) in [5.41, 5.74) is 1.10. The fourth-order valence-corrected chi connectivity index (χ4v) is 2.13. The van der Waals surface area contributed by atoms with Gasteiger partial charge in [-0.3, -0.25) is 0 Å². The average molecular weight is 240 g/mol. The summed E-state index contributed by atoms with van der Waals surface area (Å²) in [4.78, 5) is 0. The minimum atomic E-state index is 0.0212. The maximum absolute atomic E-state index is 9.40. The van der Waals surface area contributed by atoms with Crippen LogP contribution in [0.4, 0.5) is 0 Å². The predicted molar refractivity (Wildman–Crippen MR) is 66.6 cm³/mol. The number of hydrogen-bond donors (Lipinski definition) is 2. The zero-order valence-corrected chi connectivity index (χ0v) is 10.2. The van der Waals surface area contributed by atoms with Gasteiger partial charge in [0.2, 0.25) is 0 Å². The van der Waals surface area contributed by atoms with E-state index in [-0.39, 0.29) is 12.6 Å². The van der Waals surface area contributed by atoms with E-state index in [4.69, 9.17) is 11.6 Å². The van der Waals surface area contributed by atoms with Crippen LogP contribution in [0.15, 0.2) is 24.3 Å². The molecule has 0 spiro atoms. The Morgan fingerprint density at radius 3 is 2.50 bits per heavy atom. The molecule has 1 fully saturated rings. The summed E-state index contributed by atoms with van der Waals surface area (Å²) in [6.45, 7) is 2.31. The van der Waals surface area contributed by atoms with Crippen LogP contribution >= 0.6 is 11.6 Å². The Morgan fingerprint density at radius 1 is 1.38 bits per heavy atom. The van der Waals surface area contributed by atoms with Gasteiger partial charge in [-0.05, 0) is 43.4 Å². The van der Waals surface area contributed by atoms with Crippen LogP contribution in [-0.4, -0.2) is 17.8 Å². The van der Waals surface area contributed by atoms with E-state index >= 15 is 0 Å². The second-order valence-electron chi connectivity index (χ2n) is 4.58. The summed E-state index contributed by atoms with van der Waals surface area (Å²) in [5, 5.41) is 13.6. The molecule has 0 bridgehead atoms. The lowest BCUT2D eigenvalue weighted by atomic mass is 10.1. The Bertz CT molecular complexity index is 334. The molecule has 2 nitrogen and oxygen atoms in total. The third-order valence-corrected chi connectivity index (χ3v) is 3.50. The van der Waals surface area contributed by atoms with Crippen molar-refractivity contribution in [3.63, 3.8) is 0 Å². The van der Waals surface area contributed by atoms with Crippen molar-refractivity contribution in [2.45, 2.75) is 31.8 Å². The topological polar surface area (TPSA) is 32.3 Å². The molecule has 16 heavy (non-hydrogen) atoms. The van der Waals surface area contributed by atoms with Gasteiger partial charge in [-0.1, -0.05) is 23.7 Å². The largest absolute Gasteiger partial charge is 0.394 e. The zero-order valence-electron chi connectivity index (χ0n) is 9.49. The van der Waals surface area contributed by atoms with E-state index in [0.717, 1.165) is 16.5 Å². The van der Waals surface area contributed by atoms with Crippen LogP contribution in [0.2, 0.25) is 5.02 Å². The van der Waals surface area contributed by atoms with Crippen LogP contribution in [0.25, 0.3) is 0 Å². The summed E-state index contributed by atoms with van der Waals surface area (Å²) in [6, 6.07) is 8.17. The lowest BCUT2D eigenvalue weighted by molar-refractivity contribution is 0.231. The molecule has 88 valence electrons. The summed E-state index contributed by atoms with van der Waals surface area (Å²) >= 11 is 5.84. The van der Waals surface area contributed by atoms with E-state index in [1.807, 2.05) is 24.3 Å². The van der Waals surface area contributed by atoms with Crippen LogP contribution in [0.3, 0.4) is 0 Å². The summed E-state index contributed by atoms with van der Waals surface area (Å²) in [5.74, 6) is 0.793. The van der Waals surface area contributed by atoms with Crippen molar-refractivity contribution in [2.75, 3.05) is 6.61 Å². The second kappa shape index (κ2) is 5.17. The van der Waals surface area contributed by atoms with Gasteiger partial charge >= 0.3 is 0 Å². The highest BCUT2D eigenvalue weighted by Crippen LogP contribution is 2.33. The van der Waals surface area contributed by atoms with Crippen LogP contribution in [0.5, 0.6) is 0 Å². The van der Waals surface area contributed by atoms with Crippen molar-refractivity contribution in [3.8, 4) is 0 Å². The predicted octanol–water partition coefficient (Wildman–Crippen LogP) is 2.76. The molecule has 0 radical (unpaired) electrons. The number of rotatable bonds is 5. The first-order chi connectivity index (χ1) is 7.70. The van der Waals surface area contributed by atoms with Crippen molar-refractivity contribution >= 4 is 11.6 Å². The molecule has 2 N–H and O–H groups in total. The third-order valence-electron chi connectivity index (χ3n) is 3.25. The van der Waals surface area contributed by atoms with E-state index in [9.17, 15) is 5.11 Å². The van der Waals surface area contributed by atoms with Crippen LogP contribution < -0.4 is 5.32 Å². The van der Waals surface area contributed by atoms with Crippen molar-refractivity contribution in [1.29, 1.82) is 0 Å². The lowest BCUT2D eigenvalue weighted by Crippen LogP contribution is -2.34. The Balaban J connectivity index is 2.00. The standard InChI is InChI=1S/C13H18ClNO/c1-9(10-2-3-10)15-13(8-16)11-4-6-12(14)7-5-11/h4-7,9-10,13,15-16H,2-3,8H2,1H3. The molecule has 1 aliphatic carbocycles. The first kappa shape index (κ1) is 11.9. The van der Waals surface area contributed by atoms with E-state index in [2.05, 4.69) is 12.2 Å². The number of aliphatic hydroxyl groups is 1. The van der Waals surface area contributed by atoms with Crippen molar-refractivity contribution in [2.24, 2.45) is 5.92 Å². The zero-order chi connectivity index (χ0) is 11.5. The molecular formula is C13H18ClNO. The summed E-state index contributed by atoms with van der Waals surface area (Å²) in [7, 11) is 0. The highest BCUT2D eigenvalue weighted by Gasteiger charge is 2.29. The van der Waals surface area contributed by atoms with E-state index in [1.54, 1.807) is 0 Å². The summed E-state index contributed by atoms with van der Waals surface area (Å²) in [6.07, 6.45) is 2.62. The quantitative estimate of drug-likeness (QED) is 0.828. The van der Waals surface area contributed by atoms with Crippen LogP contribution in [0.1, 0.15) is 31.4 Å². The van der Waals surface area contributed by atoms with Gasteiger partial charge < -0.3 is 10.4 Å². The molecule has 0 aliphatic heterocycles. The maximum Gasteiger partial charge on any atom is 0.0626 e. The second-order valence-corrected chi connectivity index (χ2v) is 5.02. The molecule has 1 aliphatic rings. The lowest BCUT2D eigenvalue weighted by Gasteiger charge is -2.22. The van der Waals surface area contributed by atoms with E-state index < -0.39 is 0 Å². The Morgan fingerprint density at radius 2 is 2.00 bits per heavy atom. The van der Waals surface area contributed by atoms with E-state index in [0.29, 0.717) is 6.04 Å². The molecule has 2 rings (SSSR count). The first-order valence-corrected chi connectivity index (χ1v) is 6.21. The SMILES string of the molecule is CC(NC(CO)c1ccc(Cl)cc1)C1CC1. The molecule has 2 atom stereocenters. The normalized spacial score (nSPS) is 19.4. The molecule has 1 saturated carbocycles. The van der Waals surface area contributed by atoms with Crippen molar-refractivity contribution in [1.82, 2.24) is 5.32 Å². The van der Waals surface area contributed by atoms with Gasteiger partial charge in [0.1, 0.15) is 0 Å². The van der Waals surface area contributed by atoms with Gasteiger partial charge in [0.05, 0.1) is 12.6 Å². The number of nitrogens with one attached hydrogen (secondary N) is 1. The Labute approximate surface area is 102 Å². The molecule has 3 heteroatoms. The number of halogens is 1. The molecule has 0 heterocycles. The Hall–Kier alpha value is -0.570. The van der Waals surface area contributed by atoms with Crippen molar-refractivity contribution in [3.05, 3.63) is 34.9 Å². The van der Waals surface area contributed by atoms with Gasteiger partial charge in [0.15, 0.2) is 0 Å². The highest BCUT2D eigenvalue weighted by molar-refractivity contribution is 6.30. The molecular weight excluding hydrogens is 222 g/mol. The highest BCUT2D eigenvalue weighted by atomic mass is 35.5. The third kappa shape index (κ3) is 2.97. The molecule has 2 unspecified atom stereocenters. The minimum Gasteiger partial charge on any atom is -0.394 e. The first-order valence-electron chi connectivity index (χ1n) is 5.83.